The van der Waals surface area contributed by atoms with Gasteiger partial charge in [-0.15, -0.1) is 0 Å². The lowest BCUT2D eigenvalue weighted by Gasteiger charge is -2.04. The topological polar surface area (TPSA) is 66.0 Å². The SMILES string of the molecule is Cc1occc1C(=O)N[C@H](C)C#N. The van der Waals surface area contributed by atoms with Crippen LogP contribution in [-0.4, -0.2) is 11.9 Å². The maximum atomic E-state index is 11.4. The fraction of sp³-hybridized carbons (Fsp3) is 0.333. The molecule has 0 aliphatic carbocycles. The van der Waals surface area contributed by atoms with Gasteiger partial charge in [0.2, 0.25) is 0 Å². The Morgan fingerprint density at radius 2 is 2.46 bits per heavy atom. The van der Waals surface area contributed by atoms with Crippen LogP contribution >= 0.6 is 0 Å². The summed E-state index contributed by atoms with van der Waals surface area (Å²) in [6.45, 7) is 3.32. The van der Waals surface area contributed by atoms with Crippen molar-refractivity contribution in [3.8, 4) is 6.07 Å². The van der Waals surface area contributed by atoms with Crippen molar-refractivity contribution in [2.75, 3.05) is 0 Å². The Kier molecular flexibility index (Phi) is 2.70. The number of rotatable bonds is 2. The van der Waals surface area contributed by atoms with Gasteiger partial charge in [0.15, 0.2) is 0 Å². The number of amides is 1. The first-order valence-corrected chi connectivity index (χ1v) is 3.89. The zero-order chi connectivity index (χ0) is 9.84. The third-order valence-corrected chi connectivity index (χ3v) is 1.64. The summed E-state index contributed by atoms with van der Waals surface area (Å²) in [5.74, 6) is 0.280. The van der Waals surface area contributed by atoms with E-state index in [0.29, 0.717) is 11.3 Å². The van der Waals surface area contributed by atoms with Gasteiger partial charge in [0.25, 0.3) is 5.91 Å². The lowest BCUT2D eigenvalue weighted by Crippen LogP contribution is -2.31. The Morgan fingerprint density at radius 3 is 2.92 bits per heavy atom. The average Bonchev–Trinajstić information content (AvgIpc) is 2.51. The van der Waals surface area contributed by atoms with Crippen LogP contribution in [0.15, 0.2) is 16.7 Å². The predicted octanol–water partition coefficient (Wildman–Crippen LogP) is 1.23. The Bertz CT molecular complexity index is 349. The zero-order valence-corrected chi connectivity index (χ0v) is 7.50. The van der Waals surface area contributed by atoms with E-state index in [1.54, 1.807) is 19.9 Å². The van der Waals surface area contributed by atoms with Gasteiger partial charge in [0.05, 0.1) is 17.9 Å². The number of carbonyl (C=O) groups is 1. The summed E-state index contributed by atoms with van der Waals surface area (Å²) in [5, 5.41) is 11.0. The van der Waals surface area contributed by atoms with Crippen LogP contribution in [0.4, 0.5) is 0 Å². The second-order valence-corrected chi connectivity index (χ2v) is 2.71. The first-order chi connectivity index (χ1) is 6.15. The second kappa shape index (κ2) is 3.76. The Balaban J connectivity index is 2.71. The predicted molar refractivity (Wildman–Crippen MR) is 46.0 cm³/mol. The third kappa shape index (κ3) is 2.09. The van der Waals surface area contributed by atoms with Gasteiger partial charge in [-0.25, -0.2) is 0 Å². The lowest BCUT2D eigenvalue weighted by atomic mass is 10.2. The summed E-state index contributed by atoms with van der Waals surface area (Å²) in [7, 11) is 0. The van der Waals surface area contributed by atoms with Crippen LogP contribution in [0.3, 0.4) is 0 Å². The number of nitriles is 1. The maximum Gasteiger partial charge on any atom is 0.255 e. The smallest absolute Gasteiger partial charge is 0.255 e. The van der Waals surface area contributed by atoms with Crippen LogP contribution in [0.1, 0.15) is 23.0 Å². The van der Waals surface area contributed by atoms with Crippen molar-refractivity contribution in [3.05, 3.63) is 23.7 Å². The Labute approximate surface area is 76.2 Å². The number of nitrogens with zero attached hydrogens (tertiary/aromatic N) is 1. The average molecular weight is 178 g/mol. The monoisotopic (exact) mass is 178 g/mol. The van der Waals surface area contributed by atoms with Gasteiger partial charge in [-0.2, -0.15) is 5.26 Å². The van der Waals surface area contributed by atoms with Crippen molar-refractivity contribution in [1.29, 1.82) is 5.26 Å². The molecular formula is C9H10N2O2. The molecule has 1 aromatic rings. The molecule has 1 N–H and O–H groups in total. The molecule has 0 aliphatic rings. The molecule has 4 nitrogen and oxygen atoms in total. The molecule has 1 aromatic heterocycles. The number of nitrogens with one attached hydrogen (secondary N) is 1. The molecule has 1 heterocycles. The van der Waals surface area contributed by atoms with E-state index < -0.39 is 6.04 Å². The first kappa shape index (κ1) is 9.33. The van der Waals surface area contributed by atoms with Gasteiger partial charge in [-0.1, -0.05) is 0 Å². The number of hydrogen-bond acceptors (Lipinski definition) is 3. The zero-order valence-electron chi connectivity index (χ0n) is 7.50. The van der Waals surface area contributed by atoms with E-state index in [1.807, 2.05) is 6.07 Å². The molecule has 0 aromatic carbocycles. The van der Waals surface area contributed by atoms with Gasteiger partial charge in [0, 0.05) is 0 Å². The molecule has 4 heteroatoms. The van der Waals surface area contributed by atoms with E-state index in [2.05, 4.69) is 5.32 Å². The molecule has 0 unspecified atom stereocenters. The molecule has 1 amide bonds. The highest BCUT2D eigenvalue weighted by atomic mass is 16.3. The number of aryl methyl sites for hydroxylation is 1. The first-order valence-electron chi connectivity index (χ1n) is 3.89. The standard InChI is InChI=1S/C9H10N2O2/c1-6(5-10)11-9(12)8-3-4-13-7(8)2/h3-4,6H,1-2H3,(H,11,12)/t6-/m1/s1. The van der Waals surface area contributed by atoms with Crippen LogP contribution in [0.5, 0.6) is 0 Å². The highest BCUT2D eigenvalue weighted by molar-refractivity contribution is 5.95. The summed E-state index contributed by atoms with van der Waals surface area (Å²) in [6.07, 6.45) is 1.45. The van der Waals surface area contributed by atoms with Gasteiger partial charge in [0.1, 0.15) is 11.8 Å². The van der Waals surface area contributed by atoms with Gasteiger partial charge >= 0.3 is 0 Å². The minimum Gasteiger partial charge on any atom is -0.469 e. The fourth-order valence-electron chi connectivity index (χ4n) is 0.927. The summed E-state index contributed by atoms with van der Waals surface area (Å²) >= 11 is 0. The lowest BCUT2D eigenvalue weighted by molar-refractivity contribution is 0.0946. The van der Waals surface area contributed by atoms with E-state index in [9.17, 15) is 4.79 Å². The third-order valence-electron chi connectivity index (χ3n) is 1.64. The molecule has 0 aliphatic heterocycles. The minimum atomic E-state index is -0.484. The van der Waals surface area contributed by atoms with Crippen molar-refractivity contribution in [2.45, 2.75) is 19.9 Å². The quantitative estimate of drug-likeness (QED) is 0.740. The largest absolute Gasteiger partial charge is 0.469 e. The normalized spacial score (nSPS) is 11.8. The van der Waals surface area contributed by atoms with Crippen molar-refractivity contribution >= 4 is 5.91 Å². The molecule has 0 saturated heterocycles. The molecule has 1 rings (SSSR count). The van der Waals surface area contributed by atoms with Gasteiger partial charge in [-0.05, 0) is 19.9 Å². The van der Waals surface area contributed by atoms with Crippen LogP contribution in [0.25, 0.3) is 0 Å². The molecule has 0 spiro atoms. The highest BCUT2D eigenvalue weighted by Gasteiger charge is 2.12. The molecule has 0 bridgehead atoms. The molecule has 0 fully saturated rings. The summed E-state index contributed by atoms with van der Waals surface area (Å²) in [4.78, 5) is 11.4. The molecular weight excluding hydrogens is 168 g/mol. The molecule has 0 saturated carbocycles. The molecule has 1 atom stereocenters. The number of hydrogen-bond donors (Lipinski definition) is 1. The van der Waals surface area contributed by atoms with E-state index in [4.69, 9.17) is 9.68 Å². The number of carbonyl (C=O) groups excluding carboxylic acids is 1. The molecule has 0 radical (unpaired) electrons. The fourth-order valence-corrected chi connectivity index (χ4v) is 0.927. The Morgan fingerprint density at radius 1 is 1.77 bits per heavy atom. The van der Waals surface area contributed by atoms with Crippen molar-refractivity contribution in [2.24, 2.45) is 0 Å². The molecule has 68 valence electrons. The van der Waals surface area contributed by atoms with Crippen molar-refractivity contribution in [3.63, 3.8) is 0 Å². The summed E-state index contributed by atoms with van der Waals surface area (Å²) in [5.41, 5.74) is 0.474. The minimum absolute atomic E-state index is 0.277. The van der Waals surface area contributed by atoms with E-state index in [0.717, 1.165) is 0 Å². The molecule has 13 heavy (non-hydrogen) atoms. The summed E-state index contributed by atoms with van der Waals surface area (Å²) in [6, 6.07) is 3.01. The van der Waals surface area contributed by atoms with E-state index in [1.165, 1.54) is 6.26 Å². The van der Waals surface area contributed by atoms with E-state index in [-0.39, 0.29) is 5.91 Å². The van der Waals surface area contributed by atoms with Crippen LogP contribution in [0.2, 0.25) is 0 Å². The van der Waals surface area contributed by atoms with Crippen LogP contribution in [0, 0.1) is 18.3 Å². The van der Waals surface area contributed by atoms with Gasteiger partial charge < -0.3 is 9.73 Å². The summed E-state index contributed by atoms with van der Waals surface area (Å²) < 4.78 is 4.96. The van der Waals surface area contributed by atoms with Crippen molar-refractivity contribution < 1.29 is 9.21 Å². The second-order valence-electron chi connectivity index (χ2n) is 2.71. The van der Waals surface area contributed by atoms with Crippen LogP contribution in [-0.2, 0) is 0 Å². The Hall–Kier alpha value is -1.76. The van der Waals surface area contributed by atoms with E-state index >= 15 is 0 Å². The van der Waals surface area contributed by atoms with Crippen molar-refractivity contribution in [1.82, 2.24) is 5.32 Å². The maximum absolute atomic E-state index is 11.4. The van der Waals surface area contributed by atoms with Gasteiger partial charge in [-0.3, -0.25) is 4.79 Å². The number of furan rings is 1. The highest BCUT2D eigenvalue weighted by Crippen LogP contribution is 2.08. The van der Waals surface area contributed by atoms with Crippen LogP contribution < -0.4 is 5.32 Å².